The van der Waals surface area contributed by atoms with Crippen molar-refractivity contribution in [1.82, 2.24) is 9.21 Å². The SMILES string of the molecule is CN(C(=O)OC(C)(C)C)C1CCN(S(=O)(=O)c2ccc(-c3ccc(Cl)cc3)cc2)C1. The third-order valence-corrected chi connectivity index (χ3v) is 7.16. The smallest absolute Gasteiger partial charge is 0.410 e. The van der Waals surface area contributed by atoms with Crippen molar-refractivity contribution in [3.05, 3.63) is 53.6 Å². The van der Waals surface area contributed by atoms with Crippen molar-refractivity contribution >= 4 is 27.7 Å². The summed E-state index contributed by atoms with van der Waals surface area (Å²) in [7, 11) is -1.99. The number of sulfonamides is 1. The Kier molecular flexibility index (Phi) is 6.45. The Bertz CT molecular complexity index is 999. The van der Waals surface area contributed by atoms with E-state index >= 15 is 0 Å². The van der Waals surface area contributed by atoms with Gasteiger partial charge in [0.1, 0.15) is 5.60 Å². The van der Waals surface area contributed by atoms with Crippen LogP contribution in [0.1, 0.15) is 27.2 Å². The van der Waals surface area contributed by atoms with Gasteiger partial charge in [0.25, 0.3) is 0 Å². The Morgan fingerprint density at radius 1 is 1.07 bits per heavy atom. The van der Waals surface area contributed by atoms with Gasteiger partial charge in [-0.25, -0.2) is 13.2 Å². The van der Waals surface area contributed by atoms with Crippen molar-refractivity contribution in [1.29, 1.82) is 0 Å². The third-order valence-electron chi connectivity index (χ3n) is 5.02. The Hall–Kier alpha value is -2.09. The maximum Gasteiger partial charge on any atom is 0.410 e. The van der Waals surface area contributed by atoms with Crippen LogP contribution in [0.25, 0.3) is 11.1 Å². The molecule has 1 fully saturated rings. The molecular formula is C22H27ClN2O4S. The lowest BCUT2D eigenvalue weighted by Crippen LogP contribution is -2.42. The van der Waals surface area contributed by atoms with Gasteiger partial charge in [-0.2, -0.15) is 4.31 Å². The fourth-order valence-corrected chi connectivity index (χ4v) is 4.96. The second kappa shape index (κ2) is 8.57. The van der Waals surface area contributed by atoms with Crippen molar-refractivity contribution in [2.75, 3.05) is 20.1 Å². The quantitative estimate of drug-likeness (QED) is 0.680. The number of carbonyl (C=O) groups is 1. The highest BCUT2D eigenvalue weighted by atomic mass is 35.5. The lowest BCUT2D eigenvalue weighted by atomic mass is 10.1. The van der Waals surface area contributed by atoms with Gasteiger partial charge in [0.15, 0.2) is 0 Å². The van der Waals surface area contributed by atoms with Gasteiger partial charge in [0.2, 0.25) is 10.0 Å². The fraction of sp³-hybridized carbons (Fsp3) is 0.409. The number of nitrogens with zero attached hydrogens (tertiary/aromatic N) is 2. The van der Waals surface area contributed by atoms with E-state index in [4.69, 9.17) is 16.3 Å². The van der Waals surface area contributed by atoms with Gasteiger partial charge in [-0.1, -0.05) is 35.9 Å². The van der Waals surface area contributed by atoms with E-state index < -0.39 is 21.7 Å². The van der Waals surface area contributed by atoms with Crippen LogP contribution in [0.15, 0.2) is 53.4 Å². The molecule has 0 spiro atoms. The van der Waals surface area contributed by atoms with Crippen LogP contribution in [-0.2, 0) is 14.8 Å². The van der Waals surface area contributed by atoms with Crippen molar-refractivity contribution in [2.24, 2.45) is 0 Å². The highest BCUT2D eigenvalue weighted by Crippen LogP contribution is 2.27. The Morgan fingerprint density at radius 3 is 2.13 bits per heavy atom. The molecule has 2 aromatic carbocycles. The number of halogens is 1. The summed E-state index contributed by atoms with van der Waals surface area (Å²) in [4.78, 5) is 14.0. The van der Waals surface area contributed by atoms with Crippen molar-refractivity contribution in [2.45, 2.75) is 43.7 Å². The molecule has 1 aliphatic rings. The third kappa shape index (κ3) is 5.14. The standard InChI is InChI=1S/C22H27ClN2O4S/c1-22(2,3)29-21(26)24(4)19-13-14-25(15-19)30(27,28)20-11-7-17(8-12-20)16-5-9-18(23)10-6-16/h5-12,19H,13-15H2,1-4H3. The molecule has 162 valence electrons. The fourth-order valence-electron chi connectivity index (χ4n) is 3.34. The molecule has 8 heteroatoms. The molecule has 0 aliphatic carbocycles. The normalized spacial score (nSPS) is 17.7. The van der Waals surface area contributed by atoms with E-state index in [1.165, 1.54) is 9.21 Å². The summed E-state index contributed by atoms with van der Waals surface area (Å²) < 4.78 is 33.0. The number of benzene rings is 2. The Balaban J connectivity index is 1.70. The molecule has 0 aromatic heterocycles. The zero-order valence-corrected chi connectivity index (χ0v) is 19.2. The zero-order chi connectivity index (χ0) is 22.1. The average Bonchev–Trinajstić information content (AvgIpc) is 3.18. The molecule has 0 saturated carbocycles. The molecule has 0 N–H and O–H groups in total. The maximum absolute atomic E-state index is 13.1. The molecule has 1 amide bonds. The largest absolute Gasteiger partial charge is 0.444 e. The van der Waals surface area contributed by atoms with E-state index in [1.54, 1.807) is 64.2 Å². The predicted octanol–water partition coefficient (Wildman–Crippen LogP) is 4.64. The molecule has 2 aromatic rings. The minimum Gasteiger partial charge on any atom is -0.444 e. The number of ether oxygens (including phenoxy) is 1. The lowest BCUT2D eigenvalue weighted by molar-refractivity contribution is 0.0232. The molecule has 1 saturated heterocycles. The number of amides is 1. The van der Waals surface area contributed by atoms with Crippen LogP contribution in [-0.4, -0.2) is 55.5 Å². The van der Waals surface area contributed by atoms with Gasteiger partial charge in [0, 0.05) is 31.2 Å². The van der Waals surface area contributed by atoms with E-state index in [0.717, 1.165) is 11.1 Å². The molecule has 1 heterocycles. The van der Waals surface area contributed by atoms with Crippen molar-refractivity contribution in [3.8, 4) is 11.1 Å². The Labute approximate surface area is 183 Å². The molecule has 3 rings (SSSR count). The van der Waals surface area contributed by atoms with Crippen molar-refractivity contribution in [3.63, 3.8) is 0 Å². The average molecular weight is 451 g/mol. The maximum atomic E-state index is 13.1. The van der Waals surface area contributed by atoms with Gasteiger partial charge < -0.3 is 9.64 Å². The van der Waals surface area contributed by atoms with Crippen LogP contribution in [0.4, 0.5) is 4.79 Å². The molecule has 0 bridgehead atoms. The monoisotopic (exact) mass is 450 g/mol. The summed E-state index contributed by atoms with van der Waals surface area (Å²) >= 11 is 5.92. The van der Waals surface area contributed by atoms with Crippen LogP contribution >= 0.6 is 11.6 Å². The summed E-state index contributed by atoms with van der Waals surface area (Å²) in [6.45, 7) is 6.02. The van der Waals surface area contributed by atoms with Crippen molar-refractivity contribution < 1.29 is 17.9 Å². The summed E-state index contributed by atoms with van der Waals surface area (Å²) in [6.07, 6.45) is 0.122. The summed E-state index contributed by atoms with van der Waals surface area (Å²) in [6, 6.07) is 14.0. The summed E-state index contributed by atoms with van der Waals surface area (Å²) in [5.74, 6) is 0. The first-order valence-electron chi connectivity index (χ1n) is 9.79. The number of carbonyl (C=O) groups excluding carboxylic acids is 1. The van der Waals surface area contributed by atoms with E-state index in [0.29, 0.717) is 18.0 Å². The molecular weight excluding hydrogens is 424 g/mol. The molecule has 30 heavy (non-hydrogen) atoms. The first-order valence-corrected chi connectivity index (χ1v) is 11.6. The van der Waals surface area contributed by atoms with Gasteiger partial charge in [-0.05, 0) is 62.6 Å². The Morgan fingerprint density at radius 2 is 1.60 bits per heavy atom. The second-order valence-electron chi connectivity index (χ2n) is 8.43. The topological polar surface area (TPSA) is 66.9 Å². The predicted molar refractivity (Wildman–Crippen MR) is 118 cm³/mol. The van der Waals surface area contributed by atoms with E-state index in [-0.39, 0.29) is 17.5 Å². The second-order valence-corrected chi connectivity index (χ2v) is 10.8. The molecule has 6 nitrogen and oxygen atoms in total. The van der Waals surface area contributed by atoms with Crippen LogP contribution in [0.2, 0.25) is 5.02 Å². The summed E-state index contributed by atoms with van der Waals surface area (Å²) in [5.41, 5.74) is 1.28. The molecule has 0 radical (unpaired) electrons. The number of hydrogen-bond donors (Lipinski definition) is 0. The lowest BCUT2D eigenvalue weighted by Gasteiger charge is -2.28. The van der Waals surface area contributed by atoms with Crippen LogP contribution in [0.5, 0.6) is 0 Å². The summed E-state index contributed by atoms with van der Waals surface area (Å²) in [5, 5.41) is 0.651. The van der Waals surface area contributed by atoms with Gasteiger partial charge in [-0.3, -0.25) is 0 Å². The highest BCUT2D eigenvalue weighted by molar-refractivity contribution is 7.89. The first kappa shape index (κ1) is 22.6. The molecule has 1 unspecified atom stereocenters. The van der Waals surface area contributed by atoms with Crippen LogP contribution < -0.4 is 0 Å². The minimum atomic E-state index is -3.64. The van der Waals surface area contributed by atoms with Crippen LogP contribution in [0.3, 0.4) is 0 Å². The van der Waals surface area contributed by atoms with E-state index in [2.05, 4.69) is 0 Å². The zero-order valence-electron chi connectivity index (χ0n) is 17.6. The van der Waals surface area contributed by atoms with Gasteiger partial charge in [0.05, 0.1) is 4.90 Å². The minimum absolute atomic E-state index is 0.219. The molecule has 1 aliphatic heterocycles. The van der Waals surface area contributed by atoms with Gasteiger partial charge >= 0.3 is 6.09 Å². The number of likely N-dealkylation sites (N-methyl/N-ethyl adjacent to an activating group) is 1. The van der Waals surface area contributed by atoms with E-state index in [1.807, 2.05) is 12.1 Å². The van der Waals surface area contributed by atoms with Gasteiger partial charge in [-0.15, -0.1) is 0 Å². The number of rotatable bonds is 4. The number of hydrogen-bond acceptors (Lipinski definition) is 4. The van der Waals surface area contributed by atoms with Crippen LogP contribution in [0, 0.1) is 0 Å². The van der Waals surface area contributed by atoms with E-state index in [9.17, 15) is 13.2 Å². The molecule has 1 atom stereocenters. The highest BCUT2D eigenvalue weighted by Gasteiger charge is 2.36. The first-order chi connectivity index (χ1) is 14.0.